The number of nitrogens with one attached hydrogen (secondary N) is 1. The third kappa shape index (κ3) is 4.77. The first-order chi connectivity index (χ1) is 14.3. The lowest BCUT2D eigenvalue weighted by atomic mass is 10.1. The average Bonchev–Trinajstić information content (AvgIpc) is 3.13. The van der Waals surface area contributed by atoms with Crippen LogP contribution in [0.15, 0.2) is 42.9 Å². The predicted molar refractivity (Wildman–Crippen MR) is 117 cm³/mol. The summed E-state index contributed by atoms with van der Waals surface area (Å²) in [5.41, 5.74) is 1.39. The molecule has 30 heavy (non-hydrogen) atoms. The maximum atomic E-state index is 12.7. The van der Waals surface area contributed by atoms with Gasteiger partial charge in [0.2, 0.25) is 0 Å². The smallest absolute Gasteiger partial charge is 0.323 e. The number of β-amino-alcohol motifs (C(OH)–C–C–N with tert-alkyl or cyclic N) is 1. The van der Waals surface area contributed by atoms with Crippen molar-refractivity contribution in [1.82, 2.24) is 24.6 Å². The van der Waals surface area contributed by atoms with Gasteiger partial charge in [-0.1, -0.05) is 12.1 Å². The molecule has 2 aromatic heterocycles. The molecule has 1 aliphatic heterocycles. The number of hydrogen-bond acceptors (Lipinski definition) is 5. The third-order valence-electron chi connectivity index (χ3n) is 5.26. The second-order valence-electron chi connectivity index (χ2n) is 8.54. The SMILES string of the molecule is Cn1cc(-c2ccc3cnc(NC(=O)N4CCN(CC(C)(C)O)CC4)cc3c2)cn1. The Morgan fingerprint density at radius 1 is 1.10 bits per heavy atom. The number of nitrogens with zero attached hydrogens (tertiary/aromatic N) is 5. The summed E-state index contributed by atoms with van der Waals surface area (Å²) in [7, 11) is 1.90. The molecule has 2 N–H and O–H groups in total. The number of amides is 2. The fourth-order valence-corrected chi connectivity index (χ4v) is 3.80. The molecule has 0 radical (unpaired) electrons. The van der Waals surface area contributed by atoms with E-state index < -0.39 is 5.60 Å². The van der Waals surface area contributed by atoms with E-state index in [-0.39, 0.29) is 6.03 Å². The molecule has 0 saturated carbocycles. The Labute approximate surface area is 176 Å². The van der Waals surface area contributed by atoms with Gasteiger partial charge in [-0.15, -0.1) is 0 Å². The Hall–Kier alpha value is -2.97. The van der Waals surface area contributed by atoms with Crippen LogP contribution in [0.3, 0.4) is 0 Å². The first-order valence-corrected chi connectivity index (χ1v) is 10.2. The van der Waals surface area contributed by atoms with Crippen LogP contribution in [0.2, 0.25) is 0 Å². The Morgan fingerprint density at radius 3 is 2.53 bits per heavy atom. The van der Waals surface area contributed by atoms with Crippen LogP contribution in [0, 0.1) is 0 Å². The number of rotatable bonds is 4. The van der Waals surface area contributed by atoms with Gasteiger partial charge in [-0.25, -0.2) is 9.78 Å². The summed E-state index contributed by atoms with van der Waals surface area (Å²) in [5, 5.41) is 19.2. The fraction of sp³-hybridized carbons (Fsp3) is 0.409. The molecule has 158 valence electrons. The summed E-state index contributed by atoms with van der Waals surface area (Å²) < 4.78 is 1.78. The molecule has 0 aliphatic carbocycles. The molecule has 2 amide bonds. The molecule has 0 unspecified atom stereocenters. The minimum Gasteiger partial charge on any atom is -0.389 e. The Morgan fingerprint density at radius 2 is 1.87 bits per heavy atom. The molecule has 4 rings (SSSR count). The van der Waals surface area contributed by atoms with E-state index in [0.29, 0.717) is 25.5 Å². The van der Waals surface area contributed by atoms with E-state index in [2.05, 4.69) is 26.4 Å². The highest BCUT2D eigenvalue weighted by Gasteiger charge is 2.25. The normalized spacial score (nSPS) is 15.5. The molecular weight excluding hydrogens is 380 g/mol. The quantitative estimate of drug-likeness (QED) is 0.693. The molecule has 8 heteroatoms. The van der Waals surface area contributed by atoms with E-state index in [1.165, 1.54) is 0 Å². The van der Waals surface area contributed by atoms with Gasteiger partial charge in [-0.3, -0.25) is 14.9 Å². The maximum absolute atomic E-state index is 12.7. The van der Waals surface area contributed by atoms with E-state index >= 15 is 0 Å². The van der Waals surface area contributed by atoms with E-state index in [1.807, 2.05) is 37.6 Å². The minimum absolute atomic E-state index is 0.145. The van der Waals surface area contributed by atoms with Gasteiger partial charge in [0.05, 0.1) is 11.8 Å². The first kappa shape index (κ1) is 20.3. The van der Waals surface area contributed by atoms with Crippen molar-refractivity contribution >= 4 is 22.6 Å². The van der Waals surface area contributed by atoms with Gasteiger partial charge in [0.1, 0.15) is 5.82 Å². The lowest BCUT2D eigenvalue weighted by molar-refractivity contribution is 0.0231. The zero-order valence-electron chi connectivity index (χ0n) is 17.7. The minimum atomic E-state index is -0.728. The molecule has 1 aromatic carbocycles. The fourth-order valence-electron chi connectivity index (χ4n) is 3.80. The highest BCUT2D eigenvalue weighted by Crippen LogP contribution is 2.25. The zero-order valence-corrected chi connectivity index (χ0v) is 17.7. The van der Waals surface area contributed by atoms with Crippen molar-refractivity contribution in [2.24, 2.45) is 7.05 Å². The number of fused-ring (bicyclic) bond motifs is 1. The number of aryl methyl sites for hydroxylation is 1. The van der Waals surface area contributed by atoms with Crippen molar-refractivity contribution in [3.05, 3.63) is 42.9 Å². The second kappa shape index (κ2) is 8.04. The summed E-state index contributed by atoms with van der Waals surface area (Å²) in [6.07, 6.45) is 5.59. The van der Waals surface area contributed by atoms with Gasteiger partial charge in [0, 0.05) is 63.1 Å². The van der Waals surface area contributed by atoms with Crippen LogP contribution in [0.1, 0.15) is 13.8 Å². The Balaban J connectivity index is 1.43. The highest BCUT2D eigenvalue weighted by atomic mass is 16.3. The summed E-state index contributed by atoms with van der Waals surface area (Å²) in [6, 6.07) is 7.91. The zero-order chi connectivity index (χ0) is 21.3. The van der Waals surface area contributed by atoms with Crippen molar-refractivity contribution < 1.29 is 9.90 Å². The second-order valence-corrected chi connectivity index (χ2v) is 8.54. The van der Waals surface area contributed by atoms with Crippen LogP contribution < -0.4 is 5.32 Å². The molecule has 1 aliphatic rings. The van der Waals surface area contributed by atoms with Crippen molar-refractivity contribution in [3.63, 3.8) is 0 Å². The molecule has 8 nitrogen and oxygen atoms in total. The largest absolute Gasteiger partial charge is 0.389 e. The maximum Gasteiger partial charge on any atom is 0.323 e. The van der Waals surface area contributed by atoms with E-state index in [0.717, 1.165) is 35.0 Å². The number of anilines is 1. The number of carbonyl (C=O) groups excluding carboxylic acids is 1. The van der Waals surface area contributed by atoms with Crippen molar-refractivity contribution in [2.45, 2.75) is 19.4 Å². The number of piperazine rings is 1. The lowest BCUT2D eigenvalue weighted by Crippen LogP contribution is -2.52. The predicted octanol–water partition coefficient (Wildman–Crippen LogP) is 2.56. The Bertz CT molecular complexity index is 1050. The molecular formula is C22H28N6O2. The van der Waals surface area contributed by atoms with Gasteiger partial charge >= 0.3 is 6.03 Å². The molecule has 1 fully saturated rings. The monoisotopic (exact) mass is 408 g/mol. The van der Waals surface area contributed by atoms with Gasteiger partial charge in [0.25, 0.3) is 0 Å². The van der Waals surface area contributed by atoms with Crippen molar-refractivity contribution in [3.8, 4) is 11.1 Å². The van der Waals surface area contributed by atoms with Gasteiger partial charge < -0.3 is 10.0 Å². The number of pyridine rings is 1. The molecule has 0 bridgehead atoms. The molecule has 0 spiro atoms. The first-order valence-electron chi connectivity index (χ1n) is 10.2. The van der Waals surface area contributed by atoms with Crippen LogP contribution in [0.5, 0.6) is 0 Å². The third-order valence-corrected chi connectivity index (χ3v) is 5.26. The molecule has 3 heterocycles. The van der Waals surface area contributed by atoms with Gasteiger partial charge in [0.15, 0.2) is 0 Å². The van der Waals surface area contributed by atoms with Crippen LogP contribution in [0.25, 0.3) is 21.9 Å². The van der Waals surface area contributed by atoms with Crippen LogP contribution in [-0.2, 0) is 7.05 Å². The number of aliphatic hydroxyl groups is 1. The van der Waals surface area contributed by atoms with Gasteiger partial charge in [-0.2, -0.15) is 5.10 Å². The number of hydrogen-bond donors (Lipinski definition) is 2. The number of carbonyl (C=O) groups is 1. The molecule has 1 saturated heterocycles. The molecule has 0 atom stereocenters. The standard InChI is InChI=1S/C22H28N6O2/c1-22(2,30)15-27-6-8-28(9-7-27)21(29)25-20-11-18-10-16(4-5-17(18)12-23-20)19-13-24-26(3)14-19/h4-5,10-14,30H,6-9,15H2,1-3H3,(H,23,25,29). The number of urea groups is 1. The topological polar surface area (TPSA) is 86.5 Å². The summed E-state index contributed by atoms with van der Waals surface area (Å²) in [6.45, 7) is 6.96. The number of aromatic nitrogens is 3. The summed E-state index contributed by atoms with van der Waals surface area (Å²) in [5.74, 6) is 0.537. The molecule has 3 aromatic rings. The van der Waals surface area contributed by atoms with Crippen LogP contribution >= 0.6 is 0 Å². The summed E-state index contributed by atoms with van der Waals surface area (Å²) >= 11 is 0. The van der Waals surface area contributed by atoms with E-state index in [1.54, 1.807) is 29.6 Å². The van der Waals surface area contributed by atoms with E-state index in [9.17, 15) is 9.90 Å². The average molecular weight is 409 g/mol. The van der Waals surface area contributed by atoms with Crippen molar-refractivity contribution in [1.29, 1.82) is 0 Å². The lowest BCUT2D eigenvalue weighted by Gasteiger charge is -2.37. The number of benzene rings is 1. The summed E-state index contributed by atoms with van der Waals surface area (Å²) in [4.78, 5) is 21.0. The Kier molecular flexibility index (Phi) is 5.44. The highest BCUT2D eigenvalue weighted by molar-refractivity contribution is 5.93. The van der Waals surface area contributed by atoms with Crippen molar-refractivity contribution in [2.75, 3.05) is 38.0 Å². The van der Waals surface area contributed by atoms with E-state index in [4.69, 9.17) is 0 Å². The van der Waals surface area contributed by atoms with Gasteiger partial charge in [-0.05, 0) is 36.9 Å². The van der Waals surface area contributed by atoms with Crippen LogP contribution in [0.4, 0.5) is 10.6 Å². The van der Waals surface area contributed by atoms with Crippen LogP contribution in [-0.4, -0.2) is 74.0 Å².